The summed E-state index contributed by atoms with van der Waals surface area (Å²) in [5, 5.41) is 9.04. The second-order valence-corrected chi connectivity index (χ2v) is 8.22. The van der Waals surface area contributed by atoms with Gasteiger partial charge in [-0.25, -0.2) is 0 Å². The largest absolute Gasteiger partial charge is 0.491 e. The summed E-state index contributed by atoms with van der Waals surface area (Å²) in [6.45, 7) is 6.46. The second-order valence-electron chi connectivity index (χ2n) is 8.22. The van der Waals surface area contributed by atoms with Gasteiger partial charge in [0, 0.05) is 44.3 Å². The van der Waals surface area contributed by atoms with Gasteiger partial charge in [-0.2, -0.15) is 0 Å². The van der Waals surface area contributed by atoms with E-state index in [4.69, 9.17) is 9.84 Å². The Morgan fingerprint density at radius 1 is 1.04 bits per heavy atom. The van der Waals surface area contributed by atoms with E-state index in [-0.39, 0.29) is 6.61 Å². The average Bonchev–Trinajstić information content (AvgIpc) is 2.88. The van der Waals surface area contributed by atoms with E-state index in [9.17, 15) is 0 Å². The number of rotatable bonds is 7. The lowest BCUT2D eigenvalue weighted by Crippen LogP contribution is -2.46. The van der Waals surface area contributed by atoms with Crippen LogP contribution in [0.1, 0.15) is 37.7 Å². The molecule has 2 bridgehead atoms. The van der Waals surface area contributed by atoms with E-state index in [1.54, 1.807) is 0 Å². The maximum atomic E-state index is 9.04. The third kappa shape index (κ3) is 4.18. The quantitative estimate of drug-likeness (QED) is 0.825. The third-order valence-electron chi connectivity index (χ3n) is 6.34. The van der Waals surface area contributed by atoms with Gasteiger partial charge in [0.2, 0.25) is 0 Å². The van der Waals surface area contributed by atoms with Crippen molar-refractivity contribution in [2.75, 3.05) is 39.4 Å². The number of piperidine rings is 1. The summed E-state index contributed by atoms with van der Waals surface area (Å²) in [4.78, 5) is 5.45. The molecule has 3 heterocycles. The average molecular weight is 344 g/mol. The minimum absolute atomic E-state index is 0.0678. The fraction of sp³-hybridized carbons (Fsp3) is 0.714. The lowest BCUT2D eigenvalue weighted by atomic mass is 9.83. The maximum Gasteiger partial charge on any atom is 0.123 e. The summed E-state index contributed by atoms with van der Waals surface area (Å²) in [6.07, 6.45) is 7.12. The highest BCUT2D eigenvalue weighted by molar-refractivity contribution is 5.33. The molecule has 3 saturated heterocycles. The molecule has 3 aliphatic heterocycles. The van der Waals surface area contributed by atoms with Crippen molar-refractivity contribution >= 4 is 0 Å². The number of aliphatic hydroxyl groups is 1. The number of hydrogen-bond acceptors (Lipinski definition) is 4. The molecule has 2 atom stereocenters. The number of aliphatic hydroxyl groups excluding tert-OH is 1. The van der Waals surface area contributed by atoms with E-state index >= 15 is 0 Å². The lowest BCUT2D eigenvalue weighted by Gasteiger charge is -2.40. The number of benzene rings is 1. The highest BCUT2D eigenvalue weighted by atomic mass is 16.5. The minimum atomic E-state index is 0.0678. The second kappa shape index (κ2) is 8.07. The summed E-state index contributed by atoms with van der Waals surface area (Å²) >= 11 is 0. The molecule has 0 aromatic heterocycles. The number of ether oxygens (including phenoxy) is 1. The van der Waals surface area contributed by atoms with Crippen LogP contribution in [0, 0.1) is 11.8 Å². The van der Waals surface area contributed by atoms with Gasteiger partial charge in [-0.1, -0.05) is 24.6 Å². The molecule has 0 radical (unpaired) electrons. The Balaban J connectivity index is 1.40. The van der Waals surface area contributed by atoms with Crippen molar-refractivity contribution in [2.45, 2.75) is 44.7 Å². The smallest absolute Gasteiger partial charge is 0.123 e. The van der Waals surface area contributed by atoms with Crippen molar-refractivity contribution in [2.24, 2.45) is 11.8 Å². The molecule has 4 aliphatic rings. The first-order valence-electron chi connectivity index (χ1n) is 10.1. The summed E-state index contributed by atoms with van der Waals surface area (Å²) < 4.78 is 5.74. The molecule has 4 nitrogen and oxygen atoms in total. The number of para-hydroxylation sites is 1. The molecule has 1 aliphatic carbocycles. The molecule has 0 amide bonds. The fourth-order valence-corrected chi connectivity index (χ4v) is 4.81. The van der Waals surface area contributed by atoms with Crippen molar-refractivity contribution < 1.29 is 9.84 Å². The van der Waals surface area contributed by atoms with Crippen LogP contribution in [-0.2, 0) is 6.54 Å². The highest BCUT2D eigenvalue weighted by Gasteiger charge is 2.36. The van der Waals surface area contributed by atoms with Crippen LogP contribution in [0.25, 0.3) is 0 Å². The lowest BCUT2D eigenvalue weighted by molar-refractivity contribution is 0.0890. The normalized spacial score (nSPS) is 27.9. The molecule has 1 N–H and O–H groups in total. The zero-order chi connectivity index (χ0) is 17.1. The third-order valence-corrected chi connectivity index (χ3v) is 6.34. The van der Waals surface area contributed by atoms with E-state index in [0.717, 1.165) is 30.2 Å². The maximum absolute atomic E-state index is 9.04. The van der Waals surface area contributed by atoms with Crippen molar-refractivity contribution in [1.29, 1.82) is 0 Å². The Morgan fingerprint density at radius 2 is 1.92 bits per heavy atom. The van der Waals surface area contributed by atoms with Gasteiger partial charge in [-0.05, 0) is 43.6 Å². The van der Waals surface area contributed by atoms with Gasteiger partial charge in [0.25, 0.3) is 0 Å². The SMILES string of the molecule is OCCOc1ccccc1CN1C[C@@H]2CC[C@H](C1)N(CC1CCC1)C2. The van der Waals surface area contributed by atoms with Crippen LogP contribution in [0.15, 0.2) is 24.3 Å². The number of fused-ring (bicyclic) bond motifs is 4. The minimum Gasteiger partial charge on any atom is -0.491 e. The Morgan fingerprint density at radius 3 is 2.72 bits per heavy atom. The molecule has 4 fully saturated rings. The zero-order valence-electron chi connectivity index (χ0n) is 15.3. The van der Waals surface area contributed by atoms with E-state index in [1.165, 1.54) is 63.8 Å². The molecule has 0 unspecified atom stereocenters. The Bertz CT molecular complexity index is 561. The van der Waals surface area contributed by atoms with Crippen LogP contribution in [-0.4, -0.2) is 60.3 Å². The molecule has 5 rings (SSSR count). The van der Waals surface area contributed by atoms with Gasteiger partial charge in [0.05, 0.1) is 6.61 Å². The molecule has 1 aromatic carbocycles. The van der Waals surface area contributed by atoms with Crippen LogP contribution in [0.5, 0.6) is 5.75 Å². The van der Waals surface area contributed by atoms with Crippen LogP contribution in [0.4, 0.5) is 0 Å². The monoisotopic (exact) mass is 344 g/mol. The first-order valence-corrected chi connectivity index (χ1v) is 10.1. The van der Waals surface area contributed by atoms with Gasteiger partial charge in [-0.15, -0.1) is 0 Å². The predicted molar refractivity (Wildman–Crippen MR) is 99.7 cm³/mol. The molecule has 0 spiro atoms. The van der Waals surface area contributed by atoms with Crippen LogP contribution < -0.4 is 4.74 Å². The topological polar surface area (TPSA) is 35.9 Å². The standard InChI is InChI=1S/C21H32N2O2/c24-10-11-25-21-7-2-1-6-19(21)15-22-12-18-8-9-20(16-22)23(14-18)13-17-4-3-5-17/h1-2,6-7,17-18,20,24H,3-5,8-16H2/t18-,20+/m0/s1. The molecule has 138 valence electrons. The Hall–Kier alpha value is -1.10. The van der Waals surface area contributed by atoms with Gasteiger partial charge in [0.15, 0.2) is 0 Å². The first kappa shape index (κ1) is 17.3. The molecular weight excluding hydrogens is 312 g/mol. The van der Waals surface area contributed by atoms with Crippen molar-refractivity contribution in [1.82, 2.24) is 9.80 Å². The van der Waals surface area contributed by atoms with Crippen molar-refractivity contribution in [3.05, 3.63) is 29.8 Å². The van der Waals surface area contributed by atoms with Gasteiger partial charge in [-0.3, -0.25) is 9.80 Å². The Labute approximate surface area is 151 Å². The summed E-state index contributed by atoms with van der Waals surface area (Å²) in [5.41, 5.74) is 1.25. The van der Waals surface area contributed by atoms with E-state index in [2.05, 4.69) is 21.9 Å². The number of hydrogen-bond donors (Lipinski definition) is 1. The molecule has 4 heteroatoms. The van der Waals surface area contributed by atoms with Crippen molar-refractivity contribution in [3.8, 4) is 5.75 Å². The van der Waals surface area contributed by atoms with Crippen molar-refractivity contribution in [3.63, 3.8) is 0 Å². The molecule has 1 aromatic rings. The molecule has 1 saturated carbocycles. The number of nitrogens with zero attached hydrogens (tertiary/aromatic N) is 2. The first-order chi connectivity index (χ1) is 12.3. The Kier molecular flexibility index (Phi) is 5.59. The molecular formula is C21H32N2O2. The van der Waals surface area contributed by atoms with Crippen LogP contribution in [0.3, 0.4) is 0 Å². The van der Waals surface area contributed by atoms with Gasteiger partial charge in [0.1, 0.15) is 12.4 Å². The molecule has 25 heavy (non-hydrogen) atoms. The van der Waals surface area contributed by atoms with Crippen LogP contribution in [0.2, 0.25) is 0 Å². The van der Waals surface area contributed by atoms with E-state index in [0.29, 0.717) is 6.61 Å². The summed E-state index contributed by atoms with van der Waals surface area (Å²) in [6, 6.07) is 9.05. The van der Waals surface area contributed by atoms with E-state index in [1.807, 2.05) is 12.1 Å². The summed E-state index contributed by atoms with van der Waals surface area (Å²) in [7, 11) is 0. The van der Waals surface area contributed by atoms with E-state index < -0.39 is 0 Å². The highest BCUT2D eigenvalue weighted by Crippen LogP contribution is 2.34. The van der Waals surface area contributed by atoms with Crippen LogP contribution >= 0.6 is 0 Å². The zero-order valence-corrected chi connectivity index (χ0v) is 15.3. The summed E-state index contributed by atoms with van der Waals surface area (Å²) in [5.74, 6) is 2.73. The van der Waals surface area contributed by atoms with Gasteiger partial charge >= 0.3 is 0 Å². The fourth-order valence-electron chi connectivity index (χ4n) is 4.81. The predicted octanol–water partition coefficient (Wildman–Crippen LogP) is 2.75. The van der Waals surface area contributed by atoms with Gasteiger partial charge < -0.3 is 9.84 Å².